The highest BCUT2D eigenvalue weighted by Gasteiger charge is 2.23. The summed E-state index contributed by atoms with van der Waals surface area (Å²) in [5.41, 5.74) is 2.36. The Labute approximate surface area is 217 Å². The maximum Gasteiger partial charge on any atom is 0.183 e. The molecule has 1 aliphatic heterocycles. The lowest BCUT2D eigenvalue weighted by Gasteiger charge is -2.29. The molecule has 0 aliphatic carbocycles. The number of hydrogen-bond donors (Lipinski definition) is 0. The first-order valence-electron chi connectivity index (χ1n) is 14.4. The van der Waals surface area contributed by atoms with E-state index >= 15 is 0 Å². The molecule has 1 saturated heterocycles. The first kappa shape index (κ1) is 28.8. The number of halogens is 2. The van der Waals surface area contributed by atoms with Crippen LogP contribution in [0.1, 0.15) is 115 Å². The Bertz CT molecular complexity index is 872. The van der Waals surface area contributed by atoms with Crippen molar-refractivity contribution in [3.8, 4) is 11.1 Å². The lowest BCUT2D eigenvalue weighted by atomic mass is 9.98. The summed E-state index contributed by atoms with van der Waals surface area (Å²) in [5.74, 6) is -1.01. The van der Waals surface area contributed by atoms with E-state index in [0.29, 0.717) is 42.2 Å². The van der Waals surface area contributed by atoms with Gasteiger partial charge in [-0.3, -0.25) is 0 Å². The van der Waals surface area contributed by atoms with Crippen LogP contribution in [-0.4, -0.2) is 13.2 Å². The number of benzene rings is 2. The zero-order valence-corrected chi connectivity index (χ0v) is 22.5. The zero-order chi connectivity index (χ0) is 25.6. The number of rotatable bonds is 16. The van der Waals surface area contributed by atoms with Crippen LogP contribution in [0.2, 0.25) is 0 Å². The molecule has 2 aromatic carbocycles. The Balaban J connectivity index is 1.46. The molecule has 0 radical (unpaired) electrons. The van der Waals surface area contributed by atoms with Gasteiger partial charge in [0.05, 0.1) is 13.2 Å². The Morgan fingerprint density at radius 1 is 0.667 bits per heavy atom. The van der Waals surface area contributed by atoms with Crippen molar-refractivity contribution in [2.75, 3.05) is 13.2 Å². The van der Waals surface area contributed by atoms with Gasteiger partial charge in [0.2, 0.25) is 0 Å². The highest BCUT2D eigenvalue weighted by molar-refractivity contribution is 5.65. The van der Waals surface area contributed by atoms with E-state index < -0.39 is 11.6 Å². The van der Waals surface area contributed by atoms with E-state index in [2.05, 4.69) is 13.8 Å². The second kappa shape index (κ2) is 16.1. The second-order valence-electron chi connectivity index (χ2n) is 10.5. The summed E-state index contributed by atoms with van der Waals surface area (Å²) in [4.78, 5) is 0. The minimum absolute atomic E-state index is 0.301. The Morgan fingerprint density at radius 2 is 1.25 bits per heavy atom. The van der Waals surface area contributed by atoms with Crippen LogP contribution in [0.4, 0.5) is 8.78 Å². The van der Waals surface area contributed by atoms with Gasteiger partial charge in [-0.25, -0.2) is 8.78 Å². The van der Waals surface area contributed by atoms with Crippen molar-refractivity contribution in [2.24, 2.45) is 5.92 Å². The normalized spacial score (nSPS) is 18.0. The van der Waals surface area contributed by atoms with E-state index in [-0.39, 0.29) is 6.29 Å². The fourth-order valence-corrected chi connectivity index (χ4v) is 5.04. The van der Waals surface area contributed by atoms with E-state index in [4.69, 9.17) is 9.47 Å². The Hall–Kier alpha value is -1.78. The monoisotopic (exact) mass is 500 g/mol. The van der Waals surface area contributed by atoms with Crippen LogP contribution < -0.4 is 0 Å². The van der Waals surface area contributed by atoms with Crippen molar-refractivity contribution in [2.45, 2.75) is 110 Å². The molecule has 0 atom stereocenters. The first-order valence-corrected chi connectivity index (χ1v) is 14.4. The van der Waals surface area contributed by atoms with E-state index in [1.807, 2.05) is 24.3 Å². The molecule has 36 heavy (non-hydrogen) atoms. The van der Waals surface area contributed by atoms with Gasteiger partial charge in [-0.1, -0.05) is 121 Å². The van der Waals surface area contributed by atoms with Crippen LogP contribution in [0.15, 0.2) is 36.4 Å². The van der Waals surface area contributed by atoms with Crippen LogP contribution in [0.5, 0.6) is 0 Å². The van der Waals surface area contributed by atoms with Crippen LogP contribution in [-0.2, 0) is 15.9 Å². The molecule has 1 aliphatic rings. The minimum atomic E-state index is -0.756. The van der Waals surface area contributed by atoms with Crippen LogP contribution in [0, 0.1) is 17.6 Å². The quantitative estimate of drug-likeness (QED) is 0.213. The molecule has 2 aromatic rings. The van der Waals surface area contributed by atoms with Gasteiger partial charge < -0.3 is 9.47 Å². The van der Waals surface area contributed by atoms with Crippen molar-refractivity contribution >= 4 is 0 Å². The third-order valence-electron chi connectivity index (χ3n) is 7.39. The van der Waals surface area contributed by atoms with Crippen molar-refractivity contribution in [3.05, 3.63) is 59.2 Å². The molecule has 200 valence electrons. The molecule has 1 heterocycles. The van der Waals surface area contributed by atoms with Crippen molar-refractivity contribution in [1.29, 1.82) is 0 Å². The highest BCUT2D eigenvalue weighted by atomic mass is 19.2. The van der Waals surface area contributed by atoms with Crippen LogP contribution in [0.3, 0.4) is 0 Å². The predicted molar refractivity (Wildman–Crippen MR) is 145 cm³/mol. The third kappa shape index (κ3) is 8.95. The largest absolute Gasteiger partial charge is 0.348 e. The molecular weight excluding hydrogens is 454 g/mol. The fourth-order valence-electron chi connectivity index (χ4n) is 5.04. The maximum absolute atomic E-state index is 14.9. The number of ether oxygens (including phenoxy) is 2. The minimum Gasteiger partial charge on any atom is -0.348 e. The van der Waals surface area contributed by atoms with Crippen molar-refractivity contribution < 1.29 is 18.3 Å². The summed E-state index contributed by atoms with van der Waals surface area (Å²) in [7, 11) is 0. The van der Waals surface area contributed by atoms with Gasteiger partial charge in [-0.05, 0) is 30.4 Å². The SMILES string of the molecule is CCCCCCCCc1ccc(-c2ccc(C3OCC(CCCCCCCC)CO3)cc2)c(F)c1F. The summed E-state index contributed by atoms with van der Waals surface area (Å²) >= 11 is 0. The first-order chi connectivity index (χ1) is 17.6. The van der Waals surface area contributed by atoms with E-state index in [0.717, 1.165) is 31.2 Å². The molecule has 1 fully saturated rings. The van der Waals surface area contributed by atoms with Gasteiger partial charge in [-0.2, -0.15) is 0 Å². The van der Waals surface area contributed by atoms with Gasteiger partial charge in [0.25, 0.3) is 0 Å². The Morgan fingerprint density at radius 3 is 1.89 bits per heavy atom. The van der Waals surface area contributed by atoms with Crippen LogP contribution >= 0.6 is 0 Å². The summed E-state index contributed by atoms with van der Waals surface area (Å²) in [5, 5.41) is 0. The molecule has 0 aromatic heterocycles. The van der Waals surface area contributed by atoms with Gasteiger partial charge in [-0.15, -0.1) is 0 Å². The second-order valence-corrected chi connectivity index (χ2v) is 10.5. The molecular formula is C32H46F2O2. The maximum atomic E-state index is 14.9. The number of aryl methyl sites for hydroxylation is 1. The van der Waals surface area contributed by atoms with E-state index in [1.54, 1.807) is 12.1 Å². The number of unbranched alkanes of at least 4 members (excludes halogenated alkanes) is 10. The van der Waals surface area contributed by atoms with Gasteiger partial charge in [0.15, 0.2) is 17.9 Å². The van der Waals surface area contributed by atoms with Gasteiger partial charge >= 0.3 is 0 Å². The highest BCUT2D eigenvalue weighted by Crippen LogP contribution is 2.31. The molecule has 0 bridgehead atoms. The standard InChI is InChI=1S/C32H46F2O2/c1-3-5-7-9-11-13-15-25-23-35-32(36-24-25)28-19-17-26(18-20-28)29-22-21-27(30(33)31(29)34)16-14-12-10-8-6-4-2/h17-22,25,32H,3-16,23-24H2,1-2H3. The number of hydrogen-bond acceptors (Lipinski definition) is 2. The summed E-state index contributed by atoms with van der Waals surface area (Å²) in [6.07, 6.45) is 16.0. The summed E-state index contributed by atoms with van der Waals surface area (Å²) < 4.78 is 41.6. The average Bonchev–Trinajstić information content (AvgIpc) is 2.91. The van der Waals surface area contributed by atoms with Gasteiger partial charge in [0.1, 0.15) is 0 Å². The molecule has 0 unspecified atom stereocenters. The lowest BCUT2D eigenvalue weighted by molar-refractivity contribution is -0.206. The molecule has 2 nitrogen and oxygen atoms in total. The van der Waals surface area contributed by atoms with E-state index in [1.165, 1.54) is 57.8 Å². The molecule has 0 amide bonds. The van der Waals surface area contributed by atoms with Crippen molar-refractivity contribution in [1.82, 2.24) is 0 Å². The average molecular weight is 501 g/mol. The van der Waals surface area contributed by atoms with Gasteiger partial charge in [0, 0.05) is 17.0 Å². The summed E-state index contributed by atoms with van der Waals surface area (Å²) in [6, 6.07) is 10.9. The zero-order valence-electron chi connectivity index (χ0n) is 22.5. The molecule has 0 saturated carbocycles. The molecule has 0 N–H and O–H groups in total. The van der Waals surface area contributed by atoms with E-state index in [9.17, 15) is 8.78 Å². The fraction of sp³-hybridized carbons (Fsp3) is 0.625. The topological polar surface area (TPSA) is 18.5 Å². The lowest BCUT2D eigenvalue weighted by Crippen LogP contribution is -2.27. The molecule has 3 rings (SSSR count). The van der Waals surface area contributed by atoms with Crippen molar-refractivity contribution in [3.63, 3.8) is 0 Å². The summed E-state index contributed by atoms with van der Waals surface area (Å²) in [6.45, 7) is 5.85. The third-order valence-corrected chi connectivity index (χ3v) is 7.39. The van der Waals surface area contributed by atoms with Crippen LogP contribution in [0.25, 0.3) is 11.1 Å². The Kier molecular flexibility index (Phi) is 12.9. The molecule has 0 spiro atoms. The smallest absolute Gasteiger partial charge is 0.183 e. The molecule has 4 heteroatoms. The predicted octanol–water partition coefficient (Wildman–Crippen LogP) is 9.95.